The normalized spacial score (nSPS) is 16.0. The smallest absolute Gasteiger partial charge is 0.355 e. The van der Waals surface area contributed by atoms with E-state index in [0.717, 1.165) is 25.7 Å². The van der Waals surface area contributed by atoms with Gasteiger partial charge in [0.2, 0.25) is 0 Å². The third-order valence-electron chi connectivity index (χ3n) is 4.73. The number of esters is 2. The zero-order chi connectivity index (χ0) is 19.3. The SMILES string of the molecule is CCOC(=O)c1[nH]c(C)c(C(=O)OC(C)C(=O)NC2CCCCC2)c1C. The number of aromatic nitrogens is 1. The zero-order valence-electron chi connectivity index (χ0n) is 15.9. The van der Waals surface area contributed by atoms with E-state index in [1.54, 1.807) is 27.7 Å². The van der Waals surface area contributed by atoms with Crippen LogP contribution in [0.3, 0.4) is 0 Å². The number of carbonyl (C=O) groups is 3. The average Bonchev–Trinajstić information content (AvgIpc) is 2.90. The van der Waals surface area contributed by atoms with Crippen molar-refractivity contribution in [3.8, 4) is 0 Å². The highest BCUT2D eigenvalue weighted by atomic mass is 16.5. The van der Waals surface area contributed by atoms with Crippen molar-refractivity contribution in [3.63, 3.8) is 0 Å². The Labute approximate surface area is 153 Å². The fourth-order valence-corrected chi connectivity index (χ4v) is 3.30. The summed E-state index contributed by atoms with van der Waals surface area (Å²) in [7, 11) is 0. The first kappa shape index (κ1) is 20.0. The van der Waals surface area contributed by atoms with Crippen LogP contribution in [-0.2, 0) is 14.3 Å². The van der Waals surface area contributed by atoms with Crippen molar-refractivity contribution < 1.29 is 23.9 Å². The van der Waals surface area contributed by atoms with E-state index in [-0.39, 0.29) is 29.8 Å². The van der Waals surface area contributed by atoms with E-state index in [1.165, 1.54) is 6.42 Å². The Hall–Kier alpha value is -2.31. The number of H-pyrrole nitrogens is 1. The van der Waals surface area contributed by atoms with Crippen molar-refractivity contribution in [2.45, 2.75) is 71.9 Å². The maximum atomic E-state index is 12.5. The van der Waals surface area contributed by atoms with E-state index in [2.05, 4.69) is 10.3 Å². The Morgan fingerprint density at radius 3 is 2.42 bits per heavy atom. The molecule has 1 atom stereocenters. The minimum Gasteiger partial charge on any atom is -0.461 e. The van der Waals surface area contributed by atoms with Crippen LogP contribution in [0.4, 0.5) is 0 Å². The Balaban J connectivity index is 2.02. The molecule has 1 heterocycles. The predicted molar refractivity (Wildman–Crippen MR) is 96.1 cm³/mol. The van der Waals surface area contributed by atoms with Gasteiger partial charge in [0.25, 0.3) is 5.91 Å². The summed E-state index contributed by atoms with van der Waals surface area (Å²) >= 11 is 0. The topological polar surface area (TPSA) is 97.5 Å². The lowest BCUT2D eigenvalue weighted by Gasteiger charge is -2.24. The quantitative estimate of drug-likeness (QED) is 0.757. The Morgan fingerprint density at radius 1 is 1.15 bits per heavy atom. The summed E-state index contributed by atoms with van der Waals surface area (Å²) in [6.07, 6.45) is 4.45. The molecule has 7 heteroatoms. The third-order valence-corrected chi connectivity index (χ3v) is 4.73. The number of hydrogen-bond donors (Lipinski definition) is 2. The van der Waals surface area contributed by atoms with Crippen molar-refractivity contribution >= 4 is 17.8 Å². The molecule has 0 saturated heterocycles. The van der Waals surface area contributed by atoms with Crippen molar-refractivity contribution in [2.75, 3.05) is 6.61 Å². The third kappa shape index (κ3) is 4.65. The van der Waals surface area contributed by atoms with Gasteiger partial charge >= 0.3 is 11.9 Å². The van der Waals surface area contributed by atoms with Gasteiger partial charge in [-0.3, -0.25) is 4.79 Å². The van der Waals surface area contributed by atoms with Gasteiger partial charge < -0.3 is 19.8 Å². The molecule has 0 spiro atoms. The summed E-state index contributed by atoms with van der Waals surface area (Å²) in [6.45, 7) is 6.84. The molecule has 26 heavy (non-hydrogen) atoms. The molecule has 1 aromatic heterocycles. The fourth-order valence-electron chi connectivity index (χ4n) is 3.30. The second-order valence-corrected chi connectivity index (χ2v) is 6.74. The van der Waals surface area contributed by atoms with Crippen LogP contribution in [0.5, 0.6) is 0 Å². The highest BCUT2D eigenvalue weighted by molar-refractivity contribution is 5.99. The zero-order valence-corrected chi connectivity index (χ0v) is 15.9. The predicted octanol–water partition coefficient (Wildman–Crippen LogP) is 2.80. The van der Waals surface area contributed by atoms with Crippen LogP contribution < -0.4 is 5.32 Å². The summed E-state index contributed by atoms with van der Waals surface area (Å²) in [5, 5.41) is 2.95. The monoisotopic (exact) mass is 364 g/mol. The van der Waals surface area contributed by atoms with Crippen LogP contribution in [0.1, 0.15) is 78.1 Å². The van der Waals surface area contributed by atoms with Gasteiger partial charge in [-0.15, -0.1) is 0 Å². The largest absolute Gasteiger partial charge is 0.461 e. The number of ether oxygens (including phenoxy) is 2. The van der Waals surface area contributed by atoms with Gasteiger partial charge in [-0.05, 0) is 46.1 Å². The van der Waals surface area contributed by atoms with E-state index in [9.17, 15) is 14.4 Å². The maximum absolute atomic E-state index is 12.5. The van der Waals surface area contributed by atoms with Crippen LogP contribution in [0.2, 0.25) is 0 Å². The summed E-state index contributed by atoms with van der Waals surface area (Å²) in [5.41, 5.74) is 1.47. The summed E-state index contributed by atoms with van der Waals surface area (Å²) < 4.78 is 10.3. The van der Waals surface area contributed by atoms with E-state index >= 15 is 0 Å². The molecule has 0 bridgehead atoms. The molecule has 0 aromatic carbocycles. The molecule has 1 unspecified atom stereocenters. The number of rotatable bonds is 6. The van der Waals surface area contributed by atoms with Crippen LogP contribution in [0.25, 0.3) is 0 Å². The Kier molecular flexibility index (Phi) is 6.83. The van der Waals surface area contributed by atoms with Gasteiger partial charge in [-0.1, -0.05) is 19.3 Å². The molecule has 1 fully saturated rings. The first-order valence-electron chi connectivity index (χ1n) is 9.22. The van der Waals surface area contributed by atoms with Gasteiger partial charge in [0.1, 0.15) is 5.69 Å². The first-order valence-corrected chi connectivity index (χ1v) is 9.22. The van der Waals surface area contributed by atoms with Crippen LogP contribution in [0, 0.1) is 13.8 Å². The first-order chi connectivity index (χ1) is 12.3. The number of aryl methyl sites for hydroxylation is 1. The molecule has 2 N–H and O–H groups in total. The average molecular weight is 364 g/mol. The van der Waals surface area contributed by atoms with Crippen molar-refractivity contribution in [3.05, 3.63) is 22.5 Å². The van der Waals surface area contributed by atoms with E-state index < -0.39 is 18.0 Å². The lowest BCUT2D eigenvalue weighted by Crippen LogP contribution is -2.42. The minimum absolute atomic E-state index is 0.156. The number of amides is 1. The van der Waals surface area contributed by atoms with E-state index in [0.29, 0.717) is 11.3 Å². The summed E-state index contributed by atoms with van der Waals surface area (Å²) in [5.74, 6) is -1.44. The molecule has 1 aliphatic carbocycles. The molecule has 2 rings (SSSR count). The van der Waals surface area contributed by atoms with E-state index in [1.807, 2.05) is 0 Å². The highest BCUT2D eigenvalue weighted by Gasteiger charge is 2.27. The number of aromatic amines is 1. The second-order valence-electron chi connectivity index (χ2n) is 6.74. The number of hydrogen-bond acceptors (Lipinski definition) is 5. The van der Waals surface area contributed by atoms with Crippen molar-refractivity contribution in [1.29, 1.82) is 0 Å². The number of carbonyl (C=O) groups excluding carboxylic acids is 3. The summed E-state index contributed by atoms with van der Waals surface area (Å²) in [6, 6.07) is 0.156. The maximum Gasteiger partial charge on any atom is 0.355 e. The Morgan fingerprint density at radius 2 is 1.81 bits per heavy atom. The van der Waals surface area contributed by atoms with Gasteiger partial charge in [0.15, 0.2) is 6.10 Å². The standard InChI is InChI=1S/C19H28N2O5/c1-5-25-19(24)16-11(2)15(12(3)20-16)18(23)26-13(4)17(22)21-14-9-7-6-8-10-14/h13-14,20H,5-10H2,1-4H3,(H,21,22). The molecule has 1 saturated carbocycles. The molecular weight excluding hydrogens is 336 g/mol. The second kappa shape index (κ2) is 8.87. The molecular formula is C19H28N2O5. The van der Waals surface area contributed by atoms with Gasteiger partial charge in [0.05, 0.1) is 12.2 Å². The molecule has 0 aliphatic heterocycles. The molecule has 1 aliphatic rings. The molecule has 1 aromatic rings. The molecule has 144 valence electrons. The van der Waals surface area contributed by atoms with Crippen LogP contribution in [-0.4, -0.2) is 41.6 Å². The van der Waals surface area contributed by atoms with Gasteiger partial charge in [0, 0.05) is 11.7 Å². The van der Waals surface area contributed by atoms with Gasteiger partial charge in [-0.25, -0.2) is 9.59 Å². The van der Waals surface area contributed by atoms with Crippen molar-refractivity contribution in [1.82, 2.24) is 10.3 Å². The van der Waals surface area contributed by atoms with Crippen LogP contribution >= 0.6 is 0 Å². The fraction of sp³-hybridized carbons (Fsp3) is 0.632. The minimum atomic E-state index is -0.899. The summed E-state index contributed by atoms with van der Waals surface area (Å²) in [4.78, 5) is 39.6. The number of nitrogens with one attached hydrogen (secondary N) is 2. The van der Waals surface area contributed by atoms with Crippen LogP contribution in [0.15, 0.2) is 0 Å². The lowest BCUT2D eigenvalue weighted by molar-refractivity contribution is -0.130. The lowest BCUT2D eigenvalue weighted by atomic mass is 9.95. The molecule has 1 amide bonds. The molecule has 7 nitrogen and oxygen atoms in total. The Bertz CT molecular complexity index is 674. The molecule has 0 radical (unpaired) electrons. The highest BCUT2D eigenvalue weighted by Crippen LogP contribution is 2.21. The van der Waals surface area contributed by atoms with Gasteiger partial charge in [-0.2, -0.15) is 0 Å². The van der Waals surface area contributed by atoms with Crippen molar-refractivity contribution in [2.24, 2.45) is 0 Å². The van der Waals surface area contributed by atoms with E-state index in [4.69, 9.17) is 9.47 Å².